The third-order valence-corrected chi connectivity index (χ3v) is 5.76. The highest BCUT2D eigenvalue weighted by Gasteiger charge is 2.26. The first kappa shape index (κ1) is 19.4. The fraction of sp³-hybridized carbons (Fsp3) is 0.333. The Bertz CT molecular complexity index is 996. The van der Waals surface area contributed by atoms with Crippen molar-refractivity contribution in [2.24, 2.45) is 0 Å². The molecular weight excluding hydrogens is 362 g/mol. The summed E-state index contributed by atoms with van der Waals surface area (Å²) in [7, 11) is 4.01. The van der Waals surface area contributed by atoms with Gasteiger partial charge >= 0.3 is 0 Å². The van der Waals surface area contributed by atoms with Crippen molar-refractivity contribution in [3.63, 3.8) is 0 Å². The second-order valence-corrected chi connectivity index (χ2v) is 7.88. The van der Waals surface area contributed by atoms with Gasteiger partial charge in [-0.1, -0.05) is 42.5 Å². The Morgan fingerprint density at radius 2 is 1.83 bits per heavy atom. The lowest BCUT2D eigenvalue weighted by Crippen LogP contribution is -2.46. The number of carbonyl (C=O) groups is 1. The van der Waals surface area contributed by atoms with Crippen LogP contribution in [0.3, 0.4) is 0 Å². The molecule has 0 spiro atoms. The molecule has 0 fully saturated rings. The van der Waals surface area contributed by atoms with Gasteiger partial charge in [-0.15, -0.1) is 0 Å². The van der Waals surface area contributed by atoms with Gasteiger partial charge in [-0.2, -0.15) is 0 Å². The molecule has 5 heteroatoms. The van der Waals surface area contributed by atoms with E-state index in [0.29, 0.717) is 29.9 Å². The third kappa shape index (κ3) is 4.25. The summed E-state index contributed by atoms with van der Waals surface area (Å²) in [6, 6.07) is 18.7. The van der Waals surface area contributed by atoms with Gasteiger partial charge in [0.15, 0.2) is 0 Å². The molecule has 0 N–H and O–H groups in total. The minimum Gasteiger partial charge on any atom is -0.441 e. The smallest absolute Gasteiger partial charge is 0.228 e. The molecule has 3 aromatic rings. The van der Waals surface area contributed by atoms with Crippen molar-refractivity contribution >= 4 is 5.91 Å². The van der Waals surface area contributed by atoms with Crippen molar-refractivity contribution in [2.45, 2.75) is 32.4 Å². The van der Waals surface area contributed by atoms with Gasteiger partial charge in [-0.05, 0) is 43.7 Å². The van der Waals surface area contributed by atoms with Crippen molar-refractivity contribution in [2.75, 3.05) is 20.6 Å². The number of hydrogen-bond acceptors (Lipinski definition) is 4. The summed E-state index contributed by atoms with van der Waals surface area (Å²) in [5.41, 5.74) is 4.40. The molecule has 150 valence electrons. The molecule has 1 atom stereocenters. The summed E-state index contributed by atoms with van der Waals surface area (Å²) >= 11 is 0. The van der Waals surface area contributed by atoms with Crippen LogP contribution in [0.2, 0.25) is 0 Å². The SMILES string of the molecule is Cc1oc(-c2ccccc2)nc1CC(=O)N(C)CC1Cc2ccccc2CN1C. The quantitative estimate of drug-likeness (QED) is 0.668. The van der Waals surface area contributed by atoms with Crippen LogP contribution in [0, 0.1) is 6.92 Å². The third-order valence-electron chi connectivity index (χ3n) is 5.76. The van der Waals surface area contributed by atoms with E-state index in [2.05, 4.69) is 41.2 Å². The fourth-order valence-corrected chi connectivity index (χ4v) is 3.91. The van der Waals surface area contributed by atoms with Gasteiger partial charge in [-0.3, -0.25) is 9.69 Å². The lowest BCUT2D eigenvalue weighted by Gasteiger charge is -2.36. The molecule has 0 radical (unpaired) electrons. The summed E-state index contributed by atoms with van der Waals surface area (Å²) in [6.07, 6.45) is 1.22. The van der Waals surface area contributed by atoms with Gasteiger partial charge in [0.25, 0.3) is 0 Å². The first-order valence-corrected chi connectivity index (χ1v) is 10.0. The Balaban J connectivity index is 1.41. The maximum Gasteiger partial charge on any atom is 0.228 e. The number of oxazole rings is 1. The van der Waals surface area contributed by atoms with Gasteiger partial charge in [0.05, 0.1) is 12.1 Å². The van der Waals surface area contributed by atoms with Crippen LogP contribution in [-0.4, -0.2) is 47.4 Å². The molecule has 1 aliphatic rings. The zero-order valence-corrected chi connectivity index (χ0v) is 17.3. The highest BCUT2D eigenvalue weighted by molar-refractivity contribution is 5.78. The van der Waals surface area contributed by atoms with E-state index in [1.54, 1.807) is 0 Å². The molecule has 29 heavy (non-hydrogen) atoms. The van der Waals surface area contributed by atoms with E-state index in [-0.39, 0.29) is 12.3 Å². The van der Waals surface area contributed by atoms with Crippen LogP contribution < -0.4 is 0 Å². The maximum atomic E-state index is 12.9. The van der Waals surface area contributed by atoms with Gasteiger partial charge in [0, 0.05) is 31.7 Å². The lowest BCUT2D eigenvalue weighted by atomic mass is 9.94. The minimum absolute atomic E-state index is 0.0632. The summed E-state index contributed by atoms with van der Waals surface area (Å²) in [6.45, 7) is 3.49. The number of fused-ring (bicyclic) bond motifs is 1. The molecule has 5 nitrogen and oxygen atoms in total. The zero-order chi connectivity index (χ0) is 20.4. The average molecular weight is 389 g/mol. The van der Waals surface area contributed by atoms with Crippen LogP contribution >= 0.6 is 0 Å². The molecule has 0 aliphatic carbocycles. The Hall–Kier alpha value is -2.92. The number of carbonyl (C=O) groups excluding carboxylic acids is 1. The van der Waals surface area contributed by atoms with Crippen molar-refractivity contribution in [3.8, 4) is 11.5 Å². The molecule has 2 aromatic carbocycles. The predicted octanol–water partition coefficient (Wildman–Crippen LogP) is 3.71. The molecule has 2 heterocycles. The normalized spacial score (nSPS) is 16.4. The molecule has 4 rings (SSSR count). The minimum atomic E-state index is 0.0632. The van der Waals surface area contributed by atoms with Crippen molar-refractivity contribution in [3.05, 3.63) is 77.2 Å². The molecule has 0 saturated carbocycles. The van der Waals surface area contributed by atoms with Crippen LogP contribution in [0.25, 0.3) is 11.5 Å². The summed E-state index contributed by atoms with van der Waals surface area (Å²) in [4.78, 5) is 21.6. The number of aromatic nitrogens is 1. The number of aryl methyl sites for hydroxylation is 1. The van der Waals surface area contributed by atoms with E-state index in [1.807, 2.05) is 49.2 Å². The summed E-state index contributed by atoms with van der Waals surface area (Å²) < 4.78 is 5.80. The molecular formula is C24H27N3O2. The first-order valence-electron chi connectivity index (χ1n) is 10.0. The highest BCUT2D eigenvalue weighted by atomic mass is 16.4. The summed E-state index contributed by atoms with van der Waals surface area (Å²) in [5.74, 6) is 1.33. The fourth-order valence-electron chi connectivity index (χ4n) is 3.91. The van der Waals surface area contributed by atoms with Gasteiger partial charge in [0.2, 0.25) is 11.8 Å². The second kappa shape index (κ2) is 8.21. The van der Waals surface area contributed by atoms with Crippen molar-refractivity contribution in [1.82, 2.24) is 14.8 Å². The van der Waals surface area contributed by atoms with Crippen molar-refractivity contribution in [1.29, 1.82) is 0 Å². The molecule has 1 amide bonds. The van der Waals surface area contributed by atoms with E-state index in [4.69, 9.17) is 4.42 Å². The molecule has 1 aliphatic heterocycles. The number of nitrogens with zero attached hydrogens (tertiary/aromatic N) is 3. The van der Waals surface area contributed by atoms with Gasteiger partial charge in [-0.25, -0.2) is 4.98 Å². The number of likely N-dealkylation sites (N-methyl/N-ethyl adjacent to an activating group) is 2. The highest BCUT2D eigenvalue weighted by Crippen LogP contribution is 2.24. The second-order valence-electron chi connectivity index (χ2n) is 7.88. The number of hydrogen-bond donors (Lipinski definition) is 0. The van der Waals surface area contributed by atoms with E-state index in [9.17, 15) is 4.79 Å². The first-order chi connectivity index (χ1) is 14.0. The largest absolute Gasteiger partial charge is 0.441 e. The number of benzene rings is 2. The van der Waals surface area contributed by atoms with E-state index in [1.165, 1.54) is 11.1 Å². The van der Waals surface area contributed by atoms with E-state index >= 15 is 0 Å². The maximum absolute atomic E-state index is 12.9. The molecule has 0 saturated heterocycles. The van der Waals surface area contributed by atoms with Crippen LogP contribution in [0.5, 0.6) is 0 Å². The van der Waals surface area contributed by atoms with Crippen LogP contribution in [0.15, 0.2) is 59.0 Å². The molecule has 1 aromatic heterocycles. The van der Waals surface area contributed by atoms with Crippen LogP contribution in [-0.2, 0) is 24.2 Å². The topological polar surface area (TPSA) is 49.6 Å². The Labute approximate surface area is 172 Å². The molecule has 1 unspecified atom stereocenters. The standard InChI is InChI=1S/C24H27N3O2/c1-17-22(25-24(29-17)18-9-5-4-6-10-18)14-23(28)27(3)16-21-13-19-11-7-8-12-20(19)15-26(21)2/h4-12,21H,13-16H2,1-3H3. The van der Waals surface area contributed by atoms with Gasteiger partial charge in [0.1, 0.15) is 5.76 Å². The average Bonchev–Trinajstić information content (AvgIpc) is 3.09. The van der Waals surface area contributed by atoms with Crippen LogP contribution in [0.1, 0.15) is 22.6 Å². The van der Waals surface area contributed by atoms with Crippen LogP contribution in [0.4, 0.5) is 0 Å². The lowest BCUT2D eigenvalue weighted by molar-refractivity contribution is -0.130. The summed E-state index contributed by atoms with van der Waals surface area (Å²) in [5, 5.41) is 0. The van der Waals surface area contributed by atoms with Crippen molar-refractivity contribution < 1.29 is 9.21 Å². The Morgan fingerprint density at radius 3 is 2.59 bits per heavy atom. The number of rotatable bonds is 5. The monoisotopic (exact) mass is 389 g/mol. The predicted molar refractivity (Wildman–Crippen MR) is 113 cm³/mol. The number of amides is 1. The Morgan fingerprint density at radius 1 is 1.14 bits per heavy atom. The molecule has 0 bridgehead atoms. The van der Waals surface area contributed by atoms with E-state index in [0.717, 1.165) is 18.5 Å². The van der Waals surface area contributed by atoms with Gasteiger partial charge < -0.3 is 9.32 Å². The Kier molecular flexibility index (Phi) is 5.49. The zero-order valence-electron chi connectivity index (χ0n) is 17.3. The van der Waals surface area contributed by atoms with E-state index < -0.39 is 0 Å².